The summed E-state index contributed by atoms with van der Waals surface area (Å²) in [5.74, 6) is 0.938. The first-order chi connectivity index (χ1) is 8.02. The normalized spacial score (nSPS) is 10.6. The van der Waals surface area contributed by atoms with E-state index >= 15 is 0 Å². The Bertz CT molecular complexity index is 520. The Kier molecular flexibility index (Phi) is 3.40. The first-order valence-corrected chi connectivity index (χ1v) is 6.51. The van der Waals surface area contributed by atoms with Gasteiger partial charge in [-0.1, -0.05) is 11.6 Å². The maximum Gasteiger partial charge on any atom is 0.125 e. The molecule has 0 aliphatic carbocycles. The van der Waals surface area contributed by atoms with Gasteiger partial charge in [-0.2, -0.15) is 0 Å². The van der Waals surface area contributed by atoms with Gasteiger partial charge in [-0.25, -0.2) is 4.98 Å². The molecule has 1 aromatic carbocycles. The van der Waals surface area contributed by atoms with Crippen molar-refractivity contribution in [3.05, 3.63) is 33.3 Å². The van der Waals surface area contributed by atoms with Crippen LogP contribution < -0.4 is 4.74 Å². The molecule has 0 saturated heterocycles. The van der Waals surface area contributed by atoms with Crippen LogP contribution in [0.1, 0.15) is 16.8 Å². The minimum Gasteiger partial charge on any atom is -0.496 e. The van der Waals surface area contributed by atoms with Gasteiger partial charge in [0.15, 0.2) is 0 Å². The largest absolute Gasteiger partial charge is 0.496 e. The Morgan fingerprint density at radius 1 is 1.18 bits per heavy atom. The van der Waals surface area contributed by atoms with E-state index in [9.17, 15) is 0 Å². The van der Waals surface area contributed by atoms with Crippen LogP contribution in [0, 0.1) is 20.8 Å². The molecule has 1 aromatic heterocycles. The second-order valence-corrected chi connectivity index (χ2v) is 5.62. The number of benzene rings is 1. The van der Waals surface area contributed by atoms with Crippen LogP contribution in [0.2, 0.25) is 4.34 Å². The molecule has 17 heavy (non-hydrogen) atoms. The van der Waals surface area contributed by atoms with Crippen molar-refractivity contribution in [2.24, 2.45) is 0 Å². The van der Waals surface area contributed by atoms with E-state index < -0.39 is 0 Å². The molecule has 0 saturated carbocycles. The molecule has 0 spiro atoms. The zero-order chi connectivity index (χ0) is 12.6. The summed E-state index contributed by atoms with van der Waals surface area (Å²) in [4.78, 5) is 4.46. The highest BCUT2D eigenvalue weighted by molar-refractivity contribution is 7.19. The van der Waals surface area contributed by atoms with E-state index in [0.29, 0.717) is 0 Å². The van der Waals surface area contributed by atoms with Crippen LogP contribution in [-0.4, -0.2) is 12.1 Å². The third-order valence-electron chi connectivity index (χ3n) is 2.65. The van der Waals surface area contributed by atoms with Crippen molar-refractivity contribution in [2.75, 3.05) is 7.11 Å². The molecule has 0 radical (unpaired) electrons. The highest BCUT2D eigenvalue weighted by atomic mass is 35.5. The lowest BCUT2D eigenvalue weighted by Crippen LogP contribution is -1.92. The quantitative estimate of drug-likeness (QED) is 0.805. The zero-order valence-corrected chi connectivity index (χ0v) is 11.9. The highest BCUT2D eigenvalue weighted by Gasteiger charge is 2.11. The lowest BCUT2D eigenvalue weighted by molar-refractivity contribution is 0.408. The Hall–Kier alpha value is -1.06. The summed E-state index contributed by atoms with van der Waals surface area (Å²) in [6.07, 6.45) is 0. The summed E-state index contributed by atoms with van der Waals surface area (Å²) in [6.45, 7) is 6.00. The van der Waals surface area contributed by atoms with Gasteiger partial charge in [0.25, 0.3) is 0 Å². The number of ether oxygens (including phenoxy) is 1. The highest BCUT2D eigenvalue weighted by Crippen LogP contribution is 2.34. The SMILES string of the molecule is COc1c(C)cc(-c2nc(C)c(Cl)s2)cc1C. The van der Waals surface area contributed by atoms with Gasteiger partial charge in [-0.15, -0.1) is 11.3 Å². The molecule has 2 nitrogen and oxygen atoms in total. The Morgan fingerprint density at radius 3 is 2.18 bits per heavy atom. The van der Waals surface area contributed by atoms with Crippen molar-refractivity contribution in [1.29, 1.82) is 0 Å². The van der Waals surface area contributed by atoms with Crippen LogP contribution in [0.15, 0.2) is 12.1 Å². The van der Waals surface area contributed by atoms with Crippen LogP contribution in [-0.2, 0) is 0 Å². The van der Waals surface area contributed by atoms with E-state index in [4.69, 9.17) is 16.3 Å². The maximum absolute atomic E-state index is 6.05. The number of rotatable bonds is 2. The number of methoxy groups -OCH3 is 1. The molecule has 4 heteroatoms. The number of aromatic nitrogens is 1. The van der Waals surface area contributed by atoms with Crippen LogP contribution >= 0.6 is 22.9 Å². The van der Waals surface area contributed by atoms with Crippen LogP contribution in [0.25, 0.3) is 10.6 Å². The van der Waals surface area contributed by atoms with E-state index in [1.165, 1.54) is 11.3 Å². The number of thiazole rings is 1. The molecular weight excluding hydrogens is 254 g/mol. The van der Waals surface area contributed by atoms with Crippen molar-refractivity contribution in [2.45, 2.75) is 20.8 Å². The second-order valence-electron chi connectivity index (χ2n) is 4.02. The van der Waals surface area contributed by atoms with Crippen molar-refractivity contribution in [3.63, 3.8) is 0 Å². The van der Waals surface area contributed by atoms with Crippen LogP contribution in [0.5, 0.6) is 5.75 Å². The molecule has 0 amide bonds. The number of halogens is 1. The fourth-order valence-corrected chi connectivity index (χ4v) is 2.94. The van der Waals surface area contributed by atoms with Crippen molar-refractivity contribution in [3.8, 4) is 16.3 Å². The van der Waals surface area contributed by atoms with E-state index in [2.05, 4.69) is 17.1 Å². The summed E-state index contributed by atoms with van der Waals surface area (Å²) in [5, 5.41) is 0.960. The molecule has 0 unspecified atom stereocenters. The van der Waals surface area contributed by atoms with Gasteiger partial charge in [0.2, 0.25) is 0 Å². The van der Waals surface area contributed by atoms with Gasteiger partial charge in [0.1, 0.15) is 15.1 Å². The van der Waals surface area contributed by atoms with Gasteiger partial charge in [-0.05, 0) is 44.0 Å². The number of aryl methyl sites for hydroxylation is 3. The predicted octanol–water partition coefficient (Wildman–Crippen LogP) is 4.40. The van der Waals surface area contributed by atoms with Crippen molar-refractivity contribution < 1.29 is 4.74 Å². The van der Waals surface area contributed by atoms with E-state index in [0.717, 1.165) is 37.5 Å². The van der Waals surface area contributed by atoms with Crippen molar-refractivity contribution >= 4 is 22.9 Å². The smallest absolute Gasteiger partial charge is 0.125 e. The van der Waals surface area contributed by atoms with E-state index in [-0.39, 0.29) is 0 Å². The molecule has 0 bridgehead atoms. The molecule has 0 atom stereocenters. The average Bonchev–Trinajstić information content (AvgIpc) is 2.59. The minimum absolute atomic E-state index is 0.756. The lowest BCUT2D eigenvalue weighted by atomic mass is 10.1. The van der Waals surface area contributed by atoms with Crippen LogP contribution in [0.4, 0.5) is 0 Å². The standard InChI is InChI=1S/C13H14ClNOS/c1-7-5-10(6-8(2)11(7)16-4)13-15-9(3)12(14)17-13/h5-6H,1-4H3. The van der Waals surface area contributed by atoms with E-state index in [1.54, 1.807) is 7.11 Å². The number of hydrogen-bond acceptors (Lipinski definition) is 3. The van der Waals surface area contributed by atoms with Gasteiger partial charge in [0.05, 0.1) is 12.8 Å². The topological polar surface area (TPSA) is 22.1 Å². The summed E-state index contributed by atoms with van der Waals surface area (Å²) in [7, 11) is 1.69. The molecule has 2 rings (SSSR count). The Morgan fingerprint density at radius 2 is 1.76 bits per heavy atom. The predicted molar refractivity (Wildman–Crippen MR) is 73.3 cm³/mol. The van der Waals surface area contributed by atoms with Crippen molar-refractivity contribution in [1.82, 2.24) is 4.98 Å². The number of hydrogen-bond donors (Lipinski definition) is 0. The first-order valence-electron chi connectivity index (χ1n) is 5.31. The monoisotopic (exact) mass is 267 g/mol. The Balaban J connectivity index is 2.54. The van der Waals surface area contributed by atoms with Gasteiger partial charge in [0, 0.05) is 5.56 Å². The summed E-state index contributed by atoms with van der Waals surface area (Å²) in [6, 6.07) is 4.17. The fraction of sp³-hybridized carbons (Fsp3) is 0.308. The fourth-order valence-electron chi connectivity index (χ4n) is 1.90. The van der Waals surface area contributed by atoms with Crippen LogP contribution in [0.3, 0.4) is 0 Å². The third kappa shape index (κ3) is 2.31. The molecule has 0 aliphatic heterocycles. The number of nitrogens with zero attached hydrogens (tertiary/aromatic N) is 1. The molecular formula is C13H14ClNOS. The summed E-state index contributed by atoms with van der Waals surface area (Å²) >= 11 is 7.56. The third-order valence-corrected chi connectivity index (χ3v) is 4.15. The molecule has 0 fully saturated rings. The first kappa shape index (κ1) is 12.4. The molecule has 2 aromatic rings. The summed E-state index contributed by atoms with van der Waals surface area (Å²) < 4.78 is 6.11. The zero-order valence-electron chi connectivity index (χ0n) is 10.3. The van der Waals surface area contributed by atoms with E-state index in [1.807, 2.05) is 20.8 Å². The molecule has 1 heterocycles. The molecule has 0 N–H and O–H groups in total. The summed E-state index contributed by atoms with van der Waals surface area (Å²) in [5.41, 5.74) is 4.22. The molecule has 90 valence electrons. The minimum atomic E-state index is 0.756. The lowest BCUT2D eigenvalue weighted by Gasteiger charge is -2.09. The van der Waals surface area contributed by atoms with Gasteiger partial charge in [-0.3, -0.25) is 0 Å². The van der Waals surface area contributed by atoms with Gasteiger partial charge < -0.3 is 4.74 Å². The van der Waals surface area contributed by atoms with Gasteiger partial charge >= 0.3 is 0 Å². The second kappa shape index (κ2) is 4.67. The average molecular weight is 268 g/mol. The molecule has 0 aliphatic rings. The Labute approximate surface area is 110 Å². The maximum atomic E-state index is 6.05.